The van der Waals surface area contributed by atoms with E-state index in [9.17, 15) is 14.7 Å². The molecule has 41 heavy (non-hydrogen) atoms. The van der Waals surface area contributed by atoms with Gasteiger partial charge in [-0.25, -0.2) is 9.69 Å². The molecule has 0 radical (unpaired) electrons. The van der Waals surface area contributed by atoms with Gasteiger partial charge in [0.05, 0.1) is 5.69 Å². The van der Waals surface area contributed by atoms with E-state index >= 15 is 0 Å². The molecule has 4 rings (SSSR count). The van der Waals surface area contributed by atoms with Gasteiger partial charge in [-0.15, -0.1) is 0 Å². The lowest BCUT2D eigenvalue weighted by atomic mass is 10.0. The van der Waals surface area contributed by atoms with Crippen LogP contribution in [0.1, 0.15) is 112 Å². The number of carbonyl (C=O) groups excluding carboxylic acids is 2. The fourth-order valence-electron chi connectivity index (χ4n) is 4.28. The van der Waals surface area contributed by atoms with Crippen molar-refractivity contribution >= 4 is 40.8 Å². The number of halogens is 2. The van der Waals surface area contributed by atoms with Gasteiger partial charge in [0.25, 0.3) is 5.91 Å². The number of carbonyl (C=O) groups is 2. The molecular formula is C34H54Cl2N2O3. The SMILES string of the molecule is CC.CC1Cc2cc(Cl)cc(Cl)c2C1.CCC.CCCC(C)CC.Cc1ccc(N2C(=O)NC(C)(C)C2=O)cc1O. The molecular weight excluding hydrogens is 555 g/mol. The number of aryl methyl sites for hydroxylation is 1. The molecule has 0 aromatic heterocycles. The van der Waals surface area contributed by atoms with Crippen molar-refractivity contribution in [3.8, 4) is 5.75 Å². The van der Waals surface area contributed by atoms with E-state index in [0.29, 0.717) is 11.3 Å². The summed E-state index contributed by atoms with van der Waals surface area (Å²) in [5.41, 5.74) is 2.80. The minimum Gasteiger partial charge on any atom is -0.508 e. The first kappa shape index (κ1) is 38.8. The molecule has 1 saturated heterocycles. The van der Waals surface area contributed by atoms with Crippen molar-refractivity contribution in [1.82, 2.24) is 5.32 Å². The van der Waals surface area contributed by atoms with Gasteiger partial charge < -0.3 is 10.4 Å². The predicted octanol–water partition coefficient (Wildman–Crippen LogP) is 10.5. The zero-order chi connectivity index (χ0) is 31.9. The van der Waals surface area contributed by atoms with E-state index in [1.165, 1.54) is 42.9 Å². The summed E-state index contributed by atoms with van der Waals surface area (Å²) in [6.07, 6.45) is 7.56. The Kier molecular flexibility index (Phi) is 18.0. The van der Waals surface area contributed by atoms with Crippen LogP contribution >= 0.6 is 23.2 Å². The van der Waals surface area contributed by atoms with Crippen LogP contribution in [-0.4, -0.2) is 22.6 Å². The molecule has 1 aliphatic carbocycles. The Morgan fingerprint density at radius 3 is 2.07 bits per heavy atom. The number of amides is 3. The minimum atomic E-state index is -0.905. The molecule has 0 bridgehead atoms. The van der Waals surface area contributed by atoms with Crippen LogP contribution in [0.25, 0.3) is 0 Å². The molecule has 1 fully saturated rings. The number of rotatable bonds is 4. The lowest BCUT2D eigenvalue weighted by Gasteiger charge is -2.16. The number of nitrogens with zero attached hydrogens (tertiary/aromatic N) is 1. The average molecular weight is 610 g/mol. The van der Waals surface area contributed by atoms with Gasteiger partial charge in [0.15, 0.2) is 0 Å². The van der Waals surface area contributed by atoms with E-state index < -0.39 is 11.6 Å². The number of benzene rings is 2. The lowest BCUT2D eigenvalue weighted by molar-refractivity contribution is -0.121. The van der Waals surface area contributed by atoms with Crippen LogP contribution < -0.4 is 10.2 Å². The second-order valence-corrected chi connectivity index (χ2v) is 12.1. The molecule has 2 atom stereocenters. The fourth-order valence-corrected chi connectivity index (χ4v) is 4.89. The summed E-state index contributed by atoms with van der Waals surface area (Å²) in [5, 5.41) is 13.8. The smallest absolute Gasteiger partial charge is 0.329 e. The van der Waals surface area contributed by atoms with Crippen LogP contribution in [0.15, 0.2) is 30.3 Å². The fraction of sp³-hybridized carbons (Fsp3) is 0.588. The van der Waals surface area contributed by atoms with E-state index in [0.717, 1.165) is 39.6 Å². The Balaban J connectivity index is 0.000000581. The first-order chi connectivity index (χ1) is 19.2. The Labute approximate surface area is 260 Å². The third-order valence-corrected chi connectivity index (χ3v) is 7.22. The van der Waals surface area contributed by atoms with Gasteiger partial charge in [-0.2, -0.15) is 0 Å². The van der Waals surface area contributed by atoms with Gasteiger partial charge in [0.2, 0.25) is 0 Å². The number of fused-ring (bicyclic) bond motifs is 1. The normalized spacial score (nSPS) is 16.8. The first-order valence-corrected chi connectivity index (χ1v) is 15.9. The first-order valence-electron chi connectivity index (χ1n) is 15.1. The standard InChI is InChI=1S/C12H14N2O3.C10H10Cl2.C7H16.C3H8.C2H6/c1-7-4-5-8(6-9(7)15)14-10(16)12(2,3)13-11(14)17;1-6-2-7-4-8(11)5-10(12)9(7)3-6;1-4-6-7(3)5-2;1-3-2;1-2/h4-6,15H,1-3H3,(H,13,17);4-6H,2-3H2,1H3;7H,4-6H2,1-3H3;3H2,1-2H3;1-2H3. The van der Waals surface area contributed by atoms with Crippen molar-refractivity contribution in [2.45, 2.75) is 120 Å². The van der Waals surface area contributed by atoms with Crippen molar-refractivity contribution in [3.63, 3.8) is 0 Å². The molecule has 7 heteroatoms. The summed E-state index contributed by atoms with van der Waals surface area (Å²) in [5.74, 6) is 1.40. The molecule has 5 nitrogen and oxygen atoms in total. The van der Waals surface area contributed by atoms with Crippen LogP contribution in [0.3, 0.4) is 0 Å². The maximum atomic E-state index is 12.0. The number of imide groups is 1. The average Bonchev–Trinajstić information content (AvgIpc) is 3.38. The van der Waals surface area contributed by atoms with Gasteiger partial charge in [-0.3, -0.25) is 4.79 Å². The van der Waals surface area contributed by atoms with Crippen molar-refractivity contribution in [2.24, 2.45) is 11.8 Å². The summed E-state index contributed by atoms with van der Waals surface area (Å²) in [7, 11) is 0. The number of urea groups is 1. The van der Waals surface area contributed by atoms with E-state index in [1.807, 2.05) is 26.0 Å². The number of hydrogen-bond acceptors (Lipinski definition) is 3. The van der Waals surface area contributed by atoms with Crippen LogP contribution in [0.4, 0.5) is 10.5 Å². The van der Waals surface area contributed by atoms with Crippen LogP contribution in [0, 0.1) is 18.8 Å². The van der Waals surface area contributed by atoms with Gasteiger partial charge in [0.1, 0.15) is 11.3 Å². The third kappa shape index (κ3) is 12.3. The van der Waals surface area contributed by atoms with Crippen LogP contribution in [-0.2, 0) is 17.6 Å². The highest BCUT2D eigenvalue weighted by molar-refractivity contribution is 6.35. The van der Waals surface area contributed by atoms with Gasteiger partial charge in [-0.1, -0.05) is 110 Å². The number of aromatic hydroxyl groups is 1. The number of hydrogen-bond donors (Lipinski definition) is 2. The largest absolute Gasteiger partial charge is 0.508 e. The molecule has 2 aromatic carbocycles. The Morgan fingerprint density at radius 1 is 1.05 bits per heavy atom. The van der Waals surface area contributed by atoms with Crippen molar-refractivity contribution in [3.05, 3.63) is 57.1 Å². The summed E-state index contributed by atoms with van der Waals surface area (Å²) in [4.78, 5) is 24.7. The molecule has 2 aromatic rings. The highest BCUT2D eigenvalue weighted by Crippen LogP contribution is 2.34. The molecule has 0 spiro atoms. The molecule has 0 saturated carbocycles. The quantitative estimate of drug-likeness (QED) is 0.339. The van der Waals surface area contributed by atoms with Crippen LogP contribution in [0.5, 0.6) is 5.75 Å². The number of anilines is 1. The maximum absolute atomic E-state index is 12.0. The zero-order valence-corrected chi connectivity index (χ0v) is 28.8. The second-order valence-electron chi connectivity index (χ2n) is 11.2. The van der Waals surface area contributed by atoms with E-state index in [4.69, 9.17) is 23.2 Å². The molecule has 2 aliphatic rings. The summed E-state index contributed by atoms with van der Waals surface area (Å²) >= 11 is 11.9. The zero-order valence-electron chi connectivity index (χ0n) is 27.3. The summed E-state index contributed by atoms with van der Waals surface area (Å²) < 4.78 is 0. The van der Waals surface area contributed by atoms with Crippen LogP contribution in [0.2, 0.25) is 10.0 Å². The number of phenolic OH excluding ortho intramolecular Hbond substituents is 1. The van der Waals surface area contributed by atoms with Gasteiger partial charge >= 0.3 is 6.03 Å². The highest BCUT2D eigenvalue weighted by Gasteiger charge is 2.45. The second kappa shape index (κ2) is 19.0. The monoisotopic (exact) mass is 608 g/mol. The molecule has 2 unspecified atom stereocenters. The predicted molar refractivity (Wildman–Crippen MR) is 178 cm³/mol. The van der Waals surface area contributed by atoms with Crippen molar-refractivity contribution in [2.75, 3.05) is 4.90 Å². The van der Waals surface area contributed by atoms with E-state index in [-0.39, 0.29) is 11.7 Å². The van der Waals surface area contributed by atoms with Crippen molar-refractivity contribution < 1.29 is 14.7 Å². The molecule has 1 aliphatic heterocycles. The van der Waals surface area contributed by atoms with E-state index in [1.54, 1.807) is 32.9 Å². The molecule has 3 amide bonds. The number of nitrogens with one attached hydrogen (secondary N) is 1. The third-order valence-electron chi connectivity index (χ3n) is 6.66. The summed E-state index contributed by atoms with van der Waals surface area (Å²) in [6.45, 7) is 22.3. The van der Waals surface area contributed by atoms with E-state index in [2.05, 4.69) is 46.9 Å². The molecule has 2 N–H and O–H groups in total. The molecule has 232 valence electrons. The topological polar surface area (TPSA) is 69.6 Å². The minimum absolute atomic E-state index is 0.0628. The number of phenols is 1. The van der Waals surface area contributed by atoms with Gasteiger partial charge in [0, 0.05) is 16.1 Å². The Bertz CT molecular complexity index is 1100. The highest BCUT2D eigenvalue weighted by atomic mass is 35.5. The van der Waals surface area contributed by atoms with Crippen molar-refractivity contribution in [1.29, 1.82) is 0 Å². The Hall–Kier alpha value is -2.24. The Morgan fingerprint density at radius 2 is 1.63 bits per heavy atom. The summed E-state index contributed by atoms with van der Waals surface area (Å²) in [6, 6.07) is 8.11. The maximum Gasteiger partial charge on any atom is 0.329 e. The lowest BCUT2D eigenvalue weighted by Crippen LogP contribution is -2.40. The van der Waals surface area contributed by atoms with Gasteiger partial charge in [-0.05, 0) is 80.3 Å². The molecule has 1 heterocycles.